The maximum Gasteiger partial charge on any atom is 0.0612 e. The summed E-state index contributed by atoms with van der Waals surface area (Å²) >= 11 is 13.8. The summed E-state index contributed by atoms with van der Waals surface area (Å²) in [6.07, 6.45) is 3.63. The molecule has 1 aliphatic carbocycles. The molecule has 0 saturated heterocycles. The third kappa shape index (κ3) is 2.37. The van der Waals surface area contributed by atoms with Crippen molar-refractivity contribution in [2.24, 2.45) is 0 Å². The van der Waals surface area contributed by atoms with Crippen molar-refractivity contribution in [2.75, 3.05) is 5.32 Å². The molecule has 0 saturated carbocycles. The predicted molar refractivity (Wildman–Crippen MR) is 80.1 cm³/mol. The average molecular weight is 298 g/mol. The van der Waals surface area contributed by atoms with Crippen LogP contribution >= 0.6 is 34.5 Å². The Morgan fingerprint density at radius 3 is 2.89 bits per heavy atom. The van der Waals surface area contributed by atoms with Crippen LogP contribution in [0.5, 0.6) is 0 Å². The Morgan fingerprint density at radius 2 is 2.06 bits per heavy atom. The summed E-state index contributed by atoms with van der Waals surface area (Å²) < 4.78 is 0. The van der Waals surface area contributed by atoms with E-state index in [0.29, 0.717) is 16.1 Å². The van der Waals surface area contributed by atoms with Crippen molar-refractivity contribution in [1.29, 1.82) is 0 Å². The fraction of sp³-hybridized carbons (Fsp3) is 0.286. The van der Waals surface area contributed by atoms with Crippen LogP contribution in [-0.2, 0) is 6.42 Å². The highest BCUT2D eigenvalue weighted by molar-refractivity contribution is 7.10. The zero-order valence-corrected chi connectivity index (χ0v) is 12.1. The van der Waals surface area contributed by atoms with Crippen LogP contribution in [0.4, 0.5) is 5.69 Å². The second-order valence-electron chi connectivity index (χ2n) is 4.52. The molecule has 1 atom stereocenters. The van der Waals surface area contributed by atoms with E-state index in [4.69, 9.17) is 23.2 Å². The Bertz CT molecular complexity index is 565. The van der Waals surface area contributed by atoms with E-state index in [1.807, 2.05) is 29.5 Å². The molecule has 1 aromatic carbocycles. The van der Waals surface area contributed by atoms with Gasteiger partial charge in [0.2, 0.25) is 0 Å². The van der Waals surface area contributed by atoms with Crippen LogP contribution in [0.3, 0.4) is 0 Å². The third-order valence-electron chi connectivity index (χ3n) is 3.31. The van der Waals surface area contributed by atoms with Gasteiger partial charge in [0, 0.05) is 10.6 Å². The summed E-state index contributed by atoms with van der Waals surface area (Å²) in [6.45, 7) is 0. The summed E-state index contributed by atoms with van der Waals surface area (Å²) in [5, 5.41) is 6.93. The SMILES string of the molecule is Clc1ccc(NC2CCCc3sccc32)cc1Cl. The van der Waals surface area contributed by atoms with E-state index in [0.717, 1.165) is 5.69 Å². The van der Waals surface area contributed by atoms with Crippen LogP contribution in [0, 0.1) is 0 Å². The Balaban J connectivity index is 1.84. The number of aryl methyl sites for hydroxylation is 1. The largest absolute Gasteiger partial charge is 0.378 e. The number of hydrogen-bond donors (Lipinski definition) is 1. The number of fused-ring (bicyclic) bond motifs is 1. The topological polar surface area (TPSA) is 12.0 Å². The first-order chi connectivity index (χ1) is 8.74. The Kier molecular flexibility index (Phi) is 3.51. The lowest BCUT2D eigenvalue weighted by atomic mass is 9.94. The second-order valence-corrected chi connectivity index (χ2v) is 6.33. The first-order valence-corrected chi connectivity index (χ1v) is 7.65. The summed E-state index contributed by atoms with van der Waals surface area (Å²) in [7, 11) is 0. The minimum absolute atomic E-state index is 0.400. The fourth-order valence-corrected chi connectivity index (χ4v) is 3.71. The maximum absolute atomic E-state index is 6.04. The van der Waals surface area contributed by atoms with Gasteiger partial charge in [0.05, 0.1) is 16.1 Å². The summed E-state index contributed by atoms with van der Waals surface area (Å²) in [6, 6.07) is 8.34. The minimum Gasteiger partial charge on any atom is -0.378 e. The fourth-order valence-electron chi connectivity index (χ4n) is 2.42. The smallest absolute Gasteiger partial charge is 0.0612 e. The van der Waals surface area contributed by atoms with Gasteiger partial charge in [0.15, 0.2) is 0 Å². The summed E-state index contributed by atoms with van der Waals surface area (Å²) in [4.78, 5) is 1.51. The normalized spacial score (nSPS) is 18.4. The van der Waals surface area contributed by atoms with E-state index < -0.39 is 0 Å². The molecule has 0 aliphatic heterocycles. The standard InChI is InChI=1S/C14H13Cl2NS/c15-11-5-4-9(8-12(11)16)17-13-2-1-3-14-10(13)6-7-18-14/h4-8,13,17H,1-3H2. The van der Waals surface area contributed by atoms with E-state index in [2.05, 4.69) is 16.8 Å². The molecule has 1 aromatic heterocycles. The zero-order chi connectivity index (χ0) is 12.5. The third-order valence-corrected chi connectivity index (χ3v) is 5.05. The molecule has 3 rings (SSSR count). The van der Waals surface area contributed by atoms with Gasteiger partial charge in [0.25, 0.3) is 0 Å². The highest BCUT2D eigenvalue weighted by atomic mass is 35.5. The van der Waals surface area contributed by atoms with Gasteiger partial charge in [-0.25, -0.2) is 0 Å². The van der Waals surface area contributed by atoms with Gasteiger partial charge in [-0.05, 0) is 54.5 Å². The van der Waals surface area contributed by atoms with Crippen LogP contribution in [0.1, 0.15) is 29.3 Å². The molecule has 0 radical (unpaired) electrons. The Hall–Kier alpha value is -0.700. The molecule has 2 aromatic rings. The van der Waals surface area contributed by atoms with Gasteiger partial charge >= 0.3 is 0 Å². The van der Waals surface area contributed by atoms with Gasteiger partial charge in [-0.2, -0.15) is 0 Å². The van der Waals surface area contributed by atoms with Crippen molar-refractivity contribution in [3.63, 3.8) is 0 Å². The van der Waals surface area contributed by atoms with Gasteiger partial charge < -0.3 is 5.32 Å². The number of hydrogen-bond acceptors (Lipinski definition) is 2. The number of rotatable bonds is 2. The first kappa shape index (κ1) is 12.3. The molecule has 1 aliphatic rings. The number of halogens is 2. The number of thiophene rings is 1. The highest BCUT2D eigenvalue weighted by Crippen LogP contribution is 2.36. The number of nitrogens with one attached hydrogen (secondary N) is 1. The molecule has 18 heavy (non-hydrogen) atoms. The van der Waals surface area contributed by atoms with Crippen LogP contribution in [0.25, 0.3) is 0 Å². The molecule has 0 amide bonds. The Morgan fingerprint density at radius 1 is 1.17 bits per heavy atom. The molecule has 1 nitrogen and oxygen atoms in total. The molecule has 4 heteroatoms. The quantitative estimate of drug-likeness (QED) is 0.767. The van der Waals surface area contributed by atoms with Crippen molar-refractivity contribution in [1.82, 2.24) is 0 Å². The van der Waals surface area contributed by atoms with E-state index in [-0.39, 0.29) is 0 Å². The van der Waals surface area contributed by atoms with Crippen molar-refractivity contribution >= 4 is 40.2 Å². The molecule has 1 heterocycles. The lowest BCUT2D eigenvalue weighted by Crippen LogP contribution is -2.15. The number of anilines is 1. The zero-order valence-electron chi connectivity index (χ0n) is 9.75. The van der Waals surface area contributed by atoms with E-state index in [1.165, 1.54) is 29.7 Å². The van der Waals surface area contributed by atoms with Crippen LogP contribution in [-0.4, -0.2) is 0 Å². The molecular formula is C14H13Cl2NS. The lowest BCUT2D eigenvalue weighted by molar-refractivity contribution is 0.609. The van der Waals surface area contributed by atoms with Gasteiger partial charge in [0.1, 0.15) is 0 Å². The van der Waals surface area contributed by atoms with E-state index in [1.54, 1.807) is 0 Å². The van der Waals surface area contributed by atoms with Gasteiger partial charge in [-0.1, -0.05) is 23.2 Å². The van der Waals surface area contributed by atoms with Crippen molar-refractivity contribution < 1.29 is 0 Å². The second kappa shape index (κ2) is 5.12. The number of benzene rings is 1. The molecule has 0 fully saturated rings. The van der Waals surface area contributed by atoms with Crippen molar-refractivity contribution in [3.8, 4) is 0 Å². The van der Waals surface area contributed by atoms with E-state index >= 15 is 0 Å². The monoisotopic (exact) mass is 297 g/mol. The Labute approximate surface area is 121 Å². The van der Waals surface area contributed by atoms with Crippen molar-refractivity contribution in [2.45, 2.75) is 25.3 Å². The van der Waals surface area contributed by atoms with Crippen LogP contribution in [0.2, 0.25) is 10.0 Å². The summed E-state index contributed by atoms with van der Waals surface area (Å²) in [5.41, 5.74) is 2.48. The highest BCUT2D eigenvalue weighted by Gasteiger charge is 2.20. The molecular weight excluding hydrogens is 285 g/mol. The van der Waals surface area contributed by atoms with Crippen LogP contribution in [0.15, 0.2) is 29.6 Å². The summed E-state index contributed by atoms with van der Waals surface area (Å²) in [5.74, 6) is 0. The molecule has 0 spiro atoms. The van der Waals surface area contributed by atoms with Crippen molar-refractivity contribution in [3.05, 3.63) is 50.1 Å². The van der Waals surface area contributed by atoms with Crippen LogP contribution < -0.4 is 5.32 Å². The van der Waals surface area contributed by atoms with E-state index in [9.17, 15) is 0 Å². The molecule has 1 N–H and O–H groups in total. The average Bonchev–Trinajstić information content (AvgIpc) is 2.83. The first-order valence-electron chi connectivity index (χ1n) is 6.02. The molecule has 1 unspecified atom stereocenters. The molecule has 94 valence electrons. The van der Waals surface area contributed by atoms with Gasteiger partial charge in [-0.3, -0.25) is 0 Å². The molecule has 0 bridgehead atoms. The van der Waals surface area contributed by atoms with Gasteiger partial charge in [-0.15, -0.1) is 11.3 Å². The minimum atomic E-state index is 0.400. The predicted octanol–water partition coefficient (Wildman–Crippen LogP) is 5.54. The lowest BCUT2D eigenvalue weighted by Gasteiger charge is -2.24. The maximum atomic E-state index is 6.04.